The highest BCUT2D eigenvalue weighted by molar-refractivity contribution is 8.00. The third-order valence-electron chi connectivity index (χ3n) is 2.21. The van der Waals surface area contributed by atoms with Gasteiger partial charge in [0.1, 0.15) is 5.82 Å². The molecule has 0 aliphatic carbocycles. The van der Waals surface area contributed by atoms with E-state index in [0.29, 0.717) is 11.1 Å². The average Bonchev–Trinajstić information content (AvgIpc) is 2.26. The van der Waals surface area contributed by atoms with Gasteiger partial charge in [-0.1, -0.05) is 23.7 Å². The first-order valence-corrected chi connectivity index (χ1v) is 6.27. The van der Waals surface area contributed by atoms with Crippen molar-refractivity contribution in [3.8, 4) is 11.1 Å². The van der Waals surface area contributed by atoms with Gasteiger partial charge >= 0.3 is 5.51 Å². The van der Waals surface area contributed by atoms with Crippen LogP contribution >= 0.6 is 23.4 Å². The predicted octanol–water partition coefficient (Wildman–Crippen LogP) is 5.56. The monoisotopic (exact) mass is 305 g/mol. The summed E-state index contributed by atoms with van der Waals surface area (Å²) in [6, 6.07) is 10.6. The molecule has 0 unspecified atom stereocenters. The van der Waals surface area contributed by atoms with Gasteiger partial charge in [0.2, 0.25) is 0 Å². The normalized spacial score (nSPS) is 11.6. The smallest absolute Gasteiger partial charge is 0.207 e. The summed E-state index contributed by atoms with van der Waals surface area (Å²) >= 11 is 5.46. The van der Waals surface area contributed by atoms with E-state index in [-0.39, 0.29) is 21.7 Å². The van der Waals surface area contributed by atoms with Gasteiger partial charge in [-0.05, 0) is 47.2 Å². The fourth-order valence-electron chi connectivity index (χ4n) is 1.50. The number of thioether (sulfide) groups is 1. The Morgan fingerprint density at radius 1 is 1.00 bits per heavy atom. The van der Waals surface area contributed by atoms with Crippen LogP contribution in [0.4, 0.5) is 17.6 Å². The van der Waals surface area contributed by atoms with Crippen molar-refractivity contribution in [2.45, 2.75) is 10.4 Å². The number of hydrogen-bond donors (Lipinski definition) is 0. The molecule has 0 amide bonds. The lowest BCUT2D eigenvalue weighted by atomic mass is 10.1. The number of halogens is 5. The summed E-state index contributed by atoms with van der Waals surface area (Å²) in [7, 11) is 0. The molecular weight excluding hydrogens is 300 g/mol. The lowest BCUT2D eigenvalue weighted by Gasteiger charge is -2.08. The first kappa shape index (κ1) is 14.2. The van der Waals surface area contributed by atoms with Gasteiger partial charge in [0, 0.05) is 11.0 Å². The SMILES string of the molecule is Fc1ccc(-c2cc(Cl)[c]c(SC(F)(F)F)c2)cc1. The molecule has 2 rings (SSSR count). The summed E-state index contributed by atoms with van der Waals surface area (Å²) in [5.74, 6) is -0.415. The minimum absolute atomic E-state index is 0.0774. The lowest BCUT2D eigenvalue weighted by Crippen LogP contribution is -1.99. The minimum atomic E-state index is -4.40. The first-order chi connectivity index (χ1) is 8.83. The van der Waals surface area contributed by atoms with E-state index in [9.17, 15) is 17.6 Å². The van der Waals surface area contributed by atoms with Crippen LogP contribution in [0.1, 0.15) is 0 Å². The maximum absolute atomic E-state index is 12.8. The van der Waals surface area contributed by atoms with Crippen molar-refractivity contribution in [3.05, 3.63) is 53.3 Å². The van der Waals surface area contributed by atoms with E-state index < -0.39 is 11.3 Å². The van der Waals surface area contributed by atoms with Gasteiger partial charge < -0.3 is 0 Å². The molecule has 2 aromatic carbocycles. The van der Waals surface area contributed by atoms with Crippen molar-refractivity contribution in [2.75, 3.05) is 0 Å². The predicted molar refractivity (Wildman–Crippen MR) is 67.6 cm³/mol. The van der Waals surface area contributed by atoms with Gasteiger partial charge in [-0.25, -0.2) is 4.39 Å². The Labute approximate surface area is 116 Å². The van der Waals surface area contributed by atoms with Crippen molar-refractivity contribution in [1.82, 2.24) is 0 Å². The molecule has 2 aromatic rings. The zero-order valence-electron chi connectivity index (χ0n) is 9.26. The largest absolute Gasteiger partial charge is 0.446 e. The summed E-state index contributed by atoms with van der Waals surface area (Å²) < 4.78 is 49.7. The quantitative estimate of drug-likeness (QED) is 0.517. The molecule has 19 heavy (non-hydrogen) atoms. The molecule has 99 valence electrons. The standard InChI is InChI=1S/C13H6ClF4S/c14-10-5-9(8-1-3-11(15)4-2-8)6-12(7-10)19-13(16,17)18/h1-6H. The molecule has 1 radical (unpaired) electrons. The molecule has 0 atom stereocenters. The molecule has 0 nitrogen and oxygen atoms in total. The summed E-state index contributed by atoms with van der Waals surface area (Å²) in [6.45, 7) is 0. The van der Waals surface area contributed by atoms with E-state index in [0.717, 1.165) is 0 Å². The molecule has 0 bridgehead atoms. The molecule has 0 aromatic heterocycles. The molecule has 0 fully saturated rings. The fraction of sp³-hybridized carbons (Fsp3) is 0.0769. The number of hydrogen-bond acceptors (Lipinski definition) is 1. The summed E-state index contributed by atoms with van der Waals surface area (Å²) in [5.41, 5.74) is -3.34. The Morgan fingerprint density at radius 3 is 2.21 bits per heavy atom. The van der Waals surface area contributed by atoms with Gasteiger partial charge in [-0.3, -0.25) is 0 Å². The molecule has 0 aliphatic rings. The van der Waals surface area contributed by atoms with Crippen LogP contribution in [0.2, 0.25) is 5.02 Å². The van der Waals surface area contributed by atoms with Crippen molar-refractivity contribution in [1.29, 1.82) is 0 Å². The molecule has 0 N–H and O–H groups in total. The Kier molecular flexibility index (Phi) is 4.06. The van der Waals surface area contributed by atoms with Gasteiger partial charge in [-0.15, -0.1) is 0 Å². The van der Waals surface area contributed by atoms with Crippen LogP contribution in [0, 0.1) is 11.9 Å². The number of benzene rings is 2. The lowest BCUT2D eigenvalue weighted by molar-refractivity contribution is -0.0328. The molecule has 0 heterocycles. The van der Waals surface area contributed by atoms with E-state index in [1.54, 1.807) is 0 Å². The zero-order chi connectivity index (χ0) is 14.0. The molecule has 6 heteroatoms. The fourth-order valence-corrected chi connectivity index (χ4v) is 2.37. The third-order valence-corrected chi connectivity index (χ3v) is 3.09. The summed E-state index contributed by atoms with van der Waals surface area (Å²) in [4.78, 5) is -0.126. The van der Waals surface area contributed by atoms with Crippen molar-refractivity contribution >= 4 is 23.4 Å². The van der Waals surface area contributed by atoms with Crippen LogP contribution in [-0.4, -0.2) is 5.51 Å². The molecule has 0 saturated carbocycles. The van der Waals surface area contributed by atoms with Gasteiger partial charge in [0.05, 0.1) is 5.02 Å². The van der Waals surface area contributed by atoms with Crippen molar-refractivity contribution in [2.24, 2.45) is 0 Å². The first-order valence-electron chi connectivity index (χ1n) is 5.08. The Balaban J connectivity index is 2.39. The second-order valence-electron chi connectivity index (χ2n) is 3.64. The van der Waals surface area contributed by atoms with Crippen molar-refractivity contribution < 1.29 is 17.6 Å². The molecule has 0 saturated heterocycles. The maximum atomic E-state index is 12.8. The average molecular weight is 306 g/mol. The van der Waals surface area contributed by atoms with E-state index in [4.69, 9.17) is 11.6 Å². The Morgan fingerprint density at radius 2 is 1.63 bits per heavy atom. The Hall–Kier alpha value is -1.20. The molecule has 0 spiro atoms. The second kappa shape index (κ2) is 5.43. The zero-order valence-corrected chi connectivity index (χ0v) is 10.8. The number of rotatable bonds is 2. The van der Waals surface area contributed by atoms with Crippen LogP contribution in [-0.2, 0) is 0 Å². The van der Waals surface area contributed by atoms with E-state index in [1.807, 2.05) is 0 Å². The molecular formula is C13H6ClF4S. The van der Waals surface area contributed by atoms with Gasteiger partial charge in [0.25, 0.3) is 0 Å². The summed E-state index contributed by atoms with van der Waals surface area (Å²) in [6.07, 6.45) is 0. The highest BCUT2D eigenvalue weighted by Crippen LogP contribution is 2.39. The van der Waals surface area contributed by atoms with E-state index in [2.05, 4.69) is 6.07 Å². The Bertz CT molecular complexity index is 578. The van der Waals surface area contributed by atoms with Crippen LogP contribution in [0.3, 0.4) is 0 Å². The van der Waals surface area contributed by atoms with E-state index in [1.165, 1.54) is 36.4 Å². The van der Waals surface area contributed by atoms with Crippen molar-refractivity contribution in [3.63, 3.8) is 0 Å². The van der Waals surface area contributed by atoms with Gasteiger partial charge in [-0.2, -0.15) is 13.2 Å². The maximum Gasteiger partial charge on any atom is 0.446 e. The highest BCUT2D eigenvalue weighted by Gasteiger charge is 2.29. The molecule has 0 aliphatic heterocycles. The van der Waals surface area contributed by atoms with Crippen LogP contribution in [0.25, 0.3) is 11.1 Å². The topological polar surface area (TPSA) is 0 Å². The van der Waals surface area contributed by atoms with Gasteiger partial charge in [0.15, 0.2) is 0 Å². The third kappa shape index (κ3) is 4.14. The van der Waals surface area contributed by atoms with Crippen LogP contribution in [0.15, 0.2) is 41.3 Å². The van der Waals surface area contributed by atoms with Crippen LogP contribution in [0.5, 0.6) is 0 Å². The van der Waals surface area contributed by atoms with E-state index >= 15 is 0 Å². The van der Waals surface area contributed by atoms with Crippen LogP contribution < -0.4 is 0 Å². The summed E-state index contributed by atoms with van der Waals surface area (Å²) in [5, 5.41) is 0.0774. The minimum Gasteiger partial charge on any atom is -0.207 e. The number of alkyl halides is 3. The highest BCUT2D eigenvalue weighted by atomic mass is 35.5. The second-order valence-corrected chi connectivity index (χ2v) is 5.15.